The zero-order chi connectivity index (χ0) is 12.4. The number of carbonyl (C=O) groups excluding carboxylic acids is 1. The molecular formula is C13H16BrNO2. The molecule has 2 N–H and O–H groups in total. The van der Waals surface area contributed by atoms with Gasteiger partial charge in [-0.05, 0) is 49.4 Å². The number of hydrogen-bond acceptors (Lipinski definition) is 2. The third-order valence-corrected chi connectivity index (χ3v) is 3.95. The molecule has 4 heteroatoms. The van der Waals surface area contributed by atoms with Gasteiger partial charge in [-0.1, -0.05) is 15.9 Å². The van der Waals surface area contributed by atoms with Crippen LogP contribution in [-0.2, 0) is 0 Å². The first-order valence-electron chi connectivity index (χ1n) is 5.80. The summed E-state index contributed by atoms with van der Waals surface area (Å²) < 4.78 is 0.993. The second-order valence-corrected chi connectivity index (χ2v) is 5.43. The maximum Gasteiger partial charge on any atom is 0.251 e. The molecule has 92 valence electrons. The van der Waals surface area contributed by atoms with Gasteiger partial charge in [0.15, 0.2) is 0 Å². The molecule has 2 rings (SSSR count). The van der Waals surface area contributed by atoms with Gasteiger partial charge in [-0.15, -0.1) is 0 Å². The molecule has 0 bridgehead atoms. The van der Waals surface area contributed by atoms with Crippen LogP contribution in [0.4, 0.5) is 0 Å². The maximum absolute atomic E-state index is 11.8. The molecule has 1 fully saturated rings. The van der Waals surface area contributed by atoms with Crippen molar-refractivity contribution in [3.63, 3.8) is 0 Å². The summed E-state index contributed by atoms with van der Waals surface area (Å²) in [6, 6.07) is 5.47. The van der Waals surface area contributed by atoms with E-state index < -0.39 is 6.10 Å². The summed E-state index contributed by atoms with van der Waals surface area (Å²) in [5.74, 6) is 0.266. The number of aliphatic hydroxyl groups excluding tert-OH is 1. The van der Waals surface area contributed by atoms with Crippen LogP contribution in [0.2, 0.25) is 0 Å². The van der Waals surface area contributed by atoms with Gasteiger partial charge in [-0.25, -0.2) is 0 Å². The lowest BCUT2D eigenvalue weighted by atomic mass is 10.1. The highest BCUT2D eigenvalue weighted by atomic mass is 79.9. The van der Waals surface area contributed by atoms with Crippen LogP contribution in [0.15, 0.2) is 22.7 Å². The molecule has 1 aliphatic rings. The lowest BCUT2D eigenvalue weighted by molar-refractivity contribution is 0.0901. The Hall–Kier alpha value is -0.870. The normalized spacial score (nSPS) is 16.6. The predicted octanol–water partition coefficient (Wildman–Crippen LogP) is 2.26. The van der Waals surface area contributed by atoms with Gasteiger partial charge in [0, 0.05) is 16.6 Å². The Morgan fingerprint density at radius 2 is 2.29 bits per heavy atom. The third kappa shape index (κ3) is 3.30. The van der Waals surface area contributed by atoms with Gasteiger partial charge in [0.2, 0.25) is 0 Å². The molecule has 1 aromatic rings. The summed E-state index contributed by atoms with van der Waals surface area (Å²) in [4.78, 5) is 11.8. The van der Waals surface area contributed by atoms with Crippen molar-refractivity contribution in [2.75, 3.05) is 6.54 Å². The van der Waals surface area contributed by atoms with Crippen LogP contribution < -0.4 is 5.32 Å². The van der Waals surface area contributed by atoms with E-state index in [-0.39, 0.29) is 5.91 Å². The molecule has 0 aromatic heterocycles. The fourth-order valence-corrected chi connectivity index (χ4v) is 1.98. The van der Waals surface area contributed by atoms with Gasteiger partial charge in [-0.2, -0.15) is 0 Å². The van der Waals surface area contributed by atoms with Crippen molar-refractivity contribution in [2.24, 2.45) is 5.92 Å². The molecule has 17 heavy (non-hydrogen) atoms. The van der Waals surface area contributed by atoms with Crippen LogP contribution in [-0.4, -0.2) is 23.7 Å². The highest BCUT2D eigenvalue weighted by molar-refractivity contribution is 9.10. The summed E-state index contributed by atoms with van der Waals surface area (Å²) in [6.07, 6.45) is 1.76. The van der Waals surface area contributed by atoms with Gasteiger partial charge in [0.1, 0.15) is 0 Å². The monoisotopic (exact) mass is 297 g/mol. The second kappa shape index (κ2) is 5.19. The molecule has 0 radical (unpaired) electrons. The van der Waals surface area contributed by atoms with E-state index in [0.29, 0.717) is 18.0 Å². The van der Waals surface area contributed by atoms with Crippen molar-refractivity contribution in [2.45, 2.75) is 25.9 Å². The Bertz CT molecular complexity index is 429. The third-order valence-electron chi connectivity index (χ3n) is 3.06. The molecule has 3 nitrogen and oxygen atoms in total. The highest BCUT2D eigenvalue weighted by Gasteiger charge is 2.29. The Kier molecular flexibility index (Phi) is 3.84. The summed E-state index contributed by atoms with van der Waals surface area (Å²) >= 11 is 3.40. The van der Waals surface area contributed by atoms with Gasteiger partial charge in [0.25, 0.3) is 5.91 Å². The van der Waals surface area contributed by atoms with Crippen molar-refractivity contribution >= 4 is 21.8 Å². The minimum atomic E-state index is -0.393. The molecule has 0 aliphatic heterocycles. The largest absolute Gasteiger partial charge is 0.391 e. The van der Waals surface area contributed by atoms with Gasteiger partial charge < -0.3 is 10.4 Å². The van der Waals surface area contributed by atoms with Crippen LogP contribution in [0.1, 0.15) is 28.8 Å². The first-order chi connectivity index (χ1) is 8.08. The molecule has 1 aromatic carbocycles. The van der Waals surface area contributed by atoms with E-state index >= 15 is 0 Å². The van der Waals surface area contributed by atoms with Crippen LogP contribution in [0.5, 0.6) is 0 Å². The Labute approximate surface area is 109 Å². The molecule has 0 heterocycles. The van der Waals surface area contributed by atoms with Crippen molar-refractivity contribution < 1.29 is 9.90 Å². The molecule has 1 atom stereocenters. The van der Waals surface area contributed by atoms with Crippen molar-refractivity contribution in [3.8, 4) is 0 Å². The van der Waals surface area contributed by atoms with E-state index in [1.165, 1.54) is 0 Å². The minimum Gasteiger partial charge on any atom is -0.391 e. The number of hydrogen-bond donors (Lipinski definition) is 2. The predicted molar refractivity (Wildman–Crippen MR) is 69.9 cm³/mol. The van der Waals surface area contributed by atoms with E-state index in [0.717, 1.165) is 22.9 Å². The first kappa shape index (κ1) is 12.6. The van der Waals surface area contributed by atoms with Gasteiger partial charge in [0.05, 0.1) is 6.10 Å². The summed E-state index contributed by atoms with van der Waals surface area (Å²) in [7, 11) is 0. The van der Waals surface area contributed by atoms with E-state index in [2.05, 4.69) is 21.2 Å². The zero-order valence-electron chi connectivity index (χ0n) is 9.74. The molecule has 1 unspecified atom stereocenters. The Morgan fingerprint density at radius 1 is 1.59 bits per heavy atom. The van der Waals surface area contributed by atoms with Crippen LogP contribution >= 0.6 is 15.9 Å². The minimum absolute atomic E-state index is 0.125. The summed E-state index contributed by atoms with van der Waals surface area (Å²) in [5.41, 5.74) is 1.66. The average molecular weight is 298 g/mol. The molecular weight excluding hydrogens is 282 g/mol. The van der Waals surface area contributed by atoms with Crippen molar-refractivity contribution in [3.05, 3.63) is 33.8 Å². The van der Waals surface area contributed by atoms with E-state index in [4.69, 9.17) is 0 Å². The van der Waals surface area contributed by atoms with E-state index in [1.807, 2.05) is 19.1 Å². The van der Waals surface area contributed by atoms with Crippen molar-refractivity contribution in [1.29, 1.82) is 0 Å². The molecule has 1 aliphatic carbocycles. The quantitative estimate of drug-likeness (QED) is 0.896. The van der Waals surface area contributed by atoms with Crippen molar-refractivity contribution in [1.82, 2.24) is 5.32 Å². The first-order valence-corrected chi connectivity index (χ1v) is 6.59. The van der Waals surface area contributed by atoms with Gasteiger partial charge >= 0.3 is 0 Å². The molecule has 0 saturated heterocycles. The highest BCUT2D eigenvalue weighted by Crippen LogP contribution is 2.32. The Morgan fingerprint density at radius 3 is 2.88 bits per heavy atom. The van der Waals surface area contributed by atoms with E-state index in [9.17, 15) is 9.90 Å². The molecule has 0 spiro atoms. The topological polar surface area (TPSA) is 49.3 Å². The van der Waals surface area contributed by atoms with Crippen LogP contribution in [0, 0.1) is 12.8 Å². The standard InChI is InChI=1S/C13H16BrNO2/c1-8-6-10(4-5-11(8)14)13(17)15-7-12(16)9-2-3-9/h4-6,9,12,16H,2-3,7H2,1H3,(H,15,17). The number of aryl methyl sites for hydroxylation is 1. The second-order valence-electron chi connectivity index (χ2n) is 4.58. The smallest absolute Gasteiger partial charge is 0.251 e. The van der Waals surface area contributed by atoms with Crippen LogP contribution in [0.3, 0.4) is 0 Å². The average Bonchev–Trinajstić information content (AvgIpc) is 3.13. The fraction of sp³-hybridized carbons (Fsp3) is 0.462. The number of aliphatic hydroxyl groups is 1. The number of nitrogens with one attached hydrogen (secondary N) is 1. The number of benzene rings is 1. The summed E-state index contributed by atoms with van der Waals surface area (Å²) in [5, 5.41) is 12.4. The number of carbonyl (C=O) groups is 1. The lowest BCUT2D eigenvalue weighted by Gasteiger charge is -2.11. The fourth-order valence-electron chi connectivity index (χ4n) is 1.73. The maximum atomic E-state index is 11.8. The molecule has 1 amide bonds. The lowest BCUT2D eigenvalue weighted by Crippen LogP contribution is -2.33. The zero-order valence-corrected chi connectivity index (χ0v) is 11.3. The SMILES string of the molecule is Cc1cc(C(=O)NCC(O)C2CC2)ccc1Br. The van der Waals surface area contributed by atoms with Gasteiger partial charge in [-0.3, -0.25) is 4.79 Å². The summed E-state index contributed by atoms with van der Waals surface area (Å²) in [6.45, 7) is 2.29. The number of amides is 1. The number of halogens is 1. The van der Waals surface area contributed by atoms with Crippen LogP contribution in [0.25, 0.3) is 0 Å². The Balaban J connectivity index is 1.92. The van der Waals surface area contributed by atoms with E-state index in [1.54, 1.807) is 6.07 Å². The molecule has 1 saturated carbocycles. The number of rotatable bonds is 4.